The van der Waals surface area contributed by atoms with E-state index in [1.54, 1.807) is 42.5 Å². The van der Waals surface area contributed by atoms with Crippen LogP contribution in [-0.2, 0) is 19.6 Å². The van der Waals surface area contributed by atoms with E-state index in [1.165, 1.54) is 23.2 Å². The summed E-state index contributed by atoms with van der Waals surface area (Å²) >= 11 is 0. The number of nitrogens with one attached hydrogen (secondary N) is 1. The van der Waals surface area contributed by atoms with E-state index in [-0.39, 0.29) is 10.5 Å². The lowest BCUT2D eigenvalue weighted by Gasteiger charge is -2.14. The second-order valence-corrected chi connectivity index (χ2v) is 8.31. The number of carbonyl (C=O) groups is 2. The first kappa shape index (κ1) is 19.6. The van der Waals surface area contributed by atoms with E-state index in [9.17, 15) is 18.0 Å². The van der Waals surface area contributed by atoms with Gasteiger partial charge in [-0.05, 0) is 67.1 Å². The van der Waals surface area contributed by atoms with Crippen LogP contribution in [0.2, 0.25) is 0 Å². The van der Waals surface area contributed by atoms with Crippen LogP contribution in [0.1, 0.15) is 11.3 Å². The molecule has 0 saturated carbocycles. The standard InChI is InChI=1S/C21H17N3O5S/c1-13-3-2-4-15(11-13)24-21(26)18(20(25)23-24)12-16-7-10-19(29-16)14-5-8-17(9-6-14)30(22,27)28/h2-12H,1H3,(H,23,25)(H2,22,27,28)/b18-12-. The largest absolute Gasteiger partial charge is 0.457 e. The number of benzene rings is 2. The average Bonchev–Trinajstić information content (AvgIpc) is 3.28. The van der Waals surface area contributed by atoms with E-state index >= 15 is 0 Å². The van der Waals surface area contributed by atoms with Crippen LogP contribution >= 0.6 is 0 Å². The van der Waals surface area contributed by atoms with Crippen molar-refractivity contribution in [2.45, 2.75) is 11.8 Å². The van der Waals surface area contributed by atoms with Crippen LogP contribution in [0.4, 0.5) is 5.69 Å². The summed E-state index contributed by atoms with van der Waals surface area (Å²) < 4.78 is 28.4. The molecule has 30 heavy (non-hydrogen) atoms. The van der Waals surface area contributed by atoms with E-state index in [0.29, 0.717) is 22.8 Å². The van der Waals surface area contributed by atoms with Gasteiger partial charge in [0.2, 0.25) is 10.0 Å². The SMILES string of the molecule is Cc1cccc(N2NC(=O)/C(=C/c3ccc(-c4ccc(S(N)(=O)=O)cc4)o3)C2=O)c1. The first-order chi connectivity index (χ1) is 14.2. The molecule has 0 atom stereocenters. The molecule has 1 aromatic heterocycles. The summed E-state index contributed by atoms with van der Waals surface area (Å²) in [6.45, 7) is 1.89. The number of nitrogens with zero attached hydrogens (tertiary/aromatic N) is 1. The summed E-state index contributed by atoms with van der Waals surface area (Å²) in [6, 6.07) is 16.3. The number of rotatable bonds is 4. The molecule has 4 rings (SSSR count). The second kappa shape index (κ2) is 7.29. The quantitative estimate of drug-likeness (QED) is 0.493. The number of hydrogen-bond acceptors (Lipinski definition) is 5. The highest BCUT2D eigenvalue weighted by atomic mass is 32.2. The Hall–Kier alpha value is -3.69. The van der Waals surface area contributed by atoms with Gasteiger partial charge < -0.3 is 4.42 Å². The van der Waals surface area contributed by atoms with Crippen LogP contribution in [0.5, 0.6) is 0 Å². The Morgan fingerprint density at radius 2 is 1.77 bits per heavy atom. The molecule has 9 heteroatoms. The Balaban J connectivity index is 1.59. The van der Waals surface area contributed by atoms with Gasteiger partial charge in [0, 0.05) is 5.56 Å². The molecule has 8 nitrogen and oxygen atoms in total. The second-order valence-electron chi connectivity index (χ2n) is 6.75. The molecule has 2 aromatic carbocycles. The topological polar surface area (TPSA) is 123 Å². The number of furan rings is 1. The number of primary sulfonamides is 1. The van der Waals surface area contributed by atoms with E-state index in [1.807, 2.05) is 13.0 Å². The zero-order valence-electron chi connectivity index (χ0n) is 15.8. The smallest absolute Gasteiger partial charge is 0.282 e. The van der Waals surface area contributed by atoms with Crippen molar-refractivity contribution in [1.29, 1.82) is 0 Å². The highest BCUT2D eigenvalue weighted by Crippen LogP contribution is 2.26. The monoisotopic (exact) mass is 423 g/mol. The lowest BCUT2D eigenvalue weighted by atomic mass is 10.2. The third kappa shape index (κ3) is 3.76. The fourth-order valence-corrected chi connectivity index (χ4v) is 3.56. The summed E-state index contributed by atoms with van der Waals surface area (Å²) in [4.78, 5) is 25.0. The number of sulfonamides is 1. The molecule has 1 aliphatic rings. The molecule has 0 radical (unpaired) electrons. The third-order valence-corrected chi connectivity index (χ3v) is 5.46. The van der Waals surface area contributed by atoms with E-state index in [4.69, 9.17) is 9.56 Å². The van der Waals surface area contributed by atoms with Gasteiger partial charge in [0.15, 0.2) is 0 Å². The summed E-state index contributed by atoms with van der Waals surface area (Å²) in [6.07, 6.45) is 1.37. The fourth-order valence-electron chi connectivity index (χ4n) is 3.04. The van der Waals surface area contributed by atoms with Crippen molar-refractivity contribution < 1.29 is 22.4 Å². The third-order valence-electron chi connectivity index (χ3n) is 4.53. The van der Waals surface area contributed by atoms with E-state index in [0.717, 1.165) is 5.56 Å². The Morgan fingerprint density at radius 1 is 1.03 bits per heavy atom. The summed E-state index contributed by atoms with van der Waals surface area (Å²) in [7, 11) is -3.78. The lowest BCUT2D eigenvalue weighted by molar-refractivity contribution is -0.117. The zero-order chi connectivity index (χ0) is 21.5. The molecular formula is C21H17N3O5S. The molecule has 0 spiro atoms. The number of hydrogen-bond donors (Lipinski definition) is 2. The molecule has 2 heterocycles. The maximum atomic E-state index is 12.7. The summed E-state index contributed by atoms with van der Waals surface area (Å²) in [5.74, 6) is -0.257. The van der Waals surface area contributed by atoms with Crippen molar-refractivity contribution in [2.24, 2.45) is 5.14 Å². The first-order valence-electron chi connectivity index (χ1n) is 8.89. The first-order valence-corrected chi connectivity index (χ1v) is 10.4. The van der Waals surface area contributed by atoms with Crippen LogP contribution in [0.3, 0.4) is 0 Å². The van der Waals surface area contributed by atoms with Crippen LogP contribution in [0, 0.1) is 6.92 Å². The molecule has 2 amide bonds. The van der Waals surface area contributed by atoms with Gasteiger partial charge >= 0.3 is 0 Å². The van der Waals surface area contributed by atoms with Gasteiger partial charge in [-0.15, -0.1) is 0 Å². The molecule has 1 aliphatic heterocycles. The fraction of sp³-hybridized carbons (Fsp3) is 0.0476. The maximum absolute atomic E-state index is 12.7. The molecule has 3 N–H and O–H groups in total. The maximum Gasteiger partial charge on any atom is 0.282 e. The minimum Gasteiger partial charge on any atom is -0.457 e. The van der Waals surface area contributed by atoms with E-state index < -0.39 is 21.8 Å². The number of anilines is 1. The van der Waals surface area contributed by atoms with Crippen molar-refractivity contribution in [3.8, 4) is 11.3 Å². The van der Waals surface area contributed by atoms with Gasteiger partial charge in [-0.3, -0.25) is 15.0 Å². The van der Waals surface area contributed by atoms with E-state index in [2.05, 4.69) is 5.43 Å². The molecule has 0 unspecified atom stereocenters. The number of aryl methyl sites for hydroxylation is 1. The predicted molar refractivity (Wildman–Crippen MR) is 110 cm³/mol. The lowest BCUT2D eigenvalue weighted by Crippen LogP contribution is -2.35. The number of hydrazine groups is 1. The van der Waals surface area contributed by atoms with Crippen LogP contribution in [0.15, 0.2) is 75.5 Å². The molecule has 0 aliphatic carbocycles. The Kier molecular flexibility index (Phi) is 4.76. The average molecular weight is 423 g/mol. The minimum absolute atomic E-state index is 0.00962. The van der Waals surface area contributed by atoms with Crippen LogP contribution in [-0.4, -0.2) is 20.2 Å². The highest BCUT2D eigenvalue weighted by Gasteiger charge is 2.34. The molecule has 152 valence electrons. The predicted octanol–water partition coefficient (Wildman–Crippen LogP) is 2.36. The molecule has 0 bridgehead atoms. The summed E-state index contributed by atoms with van der Waals surface area (Å²) in [5.41, 5.74) is 4.63. The summed E-state index contributed by atoms with van der Waals surface area (Å²) in [5, 5.41) is 6.29. The van der Waals surface area contributed by atoms with Crippen molar-refractivity contribution in [1.82, 2.24) is 5.43 Å². The Labute approximate surface area is 172 Å². The zero-order valence-corrected chi connectivity index (χ0v) is 16.6. The van der Waals surface area contributed by atoms with Crippen LogP contribution in [0.25, 0.3) is 17.4 Å². The van der Waals surface area contributed by atoms with Crippen molar-refractivity contribution in [2.75, 3.05) is 5.01 Å². The molecule has 1 saturated heterocycles. The van der Waals surface area contributed by atoms with Gasteiger partial charge in [-0.25, -0.2) is 18.6 Å². The number of carbonyl (C=O) groups excluding carboxylic acids is 2. The van der Waals surface area contributed by atoms with Crippen molar-refractivity contribution in [3.63, 3.8) is 0 Å². The van der Waals surface area contributed by atoms with Gasteiger partial charge in [-0.2, -0.15) is 0 Å². The van der Waals surface area contributed by atoms with Gasteiger partial charge in [0.05, 0.1) is 10.6 Å². The molecule has 1 fully saturated rings. The Bertz CT molecular complexity index is 1290. The molecular weight excluding hydrogens is 406 g/mol. The number of nitrogens with two attached hydrogens (primary N) is 1. The van der Waals surface area contributed by atoms with Crippen LogP contribution < -0.4 is 15.6 Å². The highest BCUT2D eigenvalue weighted by molar-refractivity contribution is 7.89. The van der Waals surface area contributed by atoms with Gasteiger partial charge in [-0.1, -0.05) is 12.1 Å². The normalized spacial score (nSPS) is 15.7. The van der Waals surface area contributed by atoms with Gasteiger partial charge in [0.25, 0.3) is 11.8 Å². The van der Waals surface area contributed by atoms with Crippen molar-refractivity contribution in [3.05, 3.63) is 77.6 Å². The number of amides is 2. The van der Waals surface area contributed by atoms with Gasteiger partial charge in [0.1, 0.15) is 17.1 Å². The van der Waals surface area contributed by atoms with Crippen molar-refractivity contribution >= 4 is 33.6 Å². The minimum atomic E-state index is -3.78. The Morgan fingerprint density at radius 3 is 2.43 bits per heavy atom. The molecule has 3 aromatic rings.